The first kappa shape index (κ1) is 12.7. The Morgan fingerprint density at radius 1 is 1.44 bits per heavy atom. The van der Waals surface area contributed by atoms with Gasteiger partial charge in [-0.25, -0.2) is 4.98 Å². The molecule has 0 amide bonds. The number of hydrogen-bond acceptors (Lipinski definition) is 5. The van der Waals surface area contributed by atoms with E-state index in [0.717, 1.165) is 11.6 Å². The number of aromatic nitrogens is 1. The predicted molar refractivity (Wildman–Crippen MR) is 61.8 cm³/mol. The zero-order valence-electron chi connectivity index (χ0n) is 9.64. The zero-order valence-corrected chi connectivity index (χ0v) is 9.64. The molecule has 0 radical (unpaired) electrons. The van der Waals surface area contributed by atoms with Crippen molar-refractivity contribution in [2.24, 2.45) is 0 Å². The van der Waals surface area contributed by atoms with Crippen molar-refractivity contribution in [2.75, 3.05) is 32.7 Å². The Bertz CT molecular complexity index is 290. The number of aliphatic hydroxyl groups excluding tert-OH is 1. The largest absolute Gasteiger partial charge is 0.495 e. The Morgan fingerprint density at radius 3 is 2.81 bits per heavy atom. The number of pyridine rings is 1. The fourth-order valence-corrected chi connectivity index (χ4v) is 1.25. The maximum absolute atomic E-state index is 9.40. The monoisotopic (exact) mass is 226 g/mol. The maximum atomic E-state index is 9.40. The normalized spacial score (nSPS) is 12.2. The van der Waals surface area contributed by atoms with Gasteiger partial charge in [-0.3, -0.25) is 0 Å². The van der Waals surface area contributed by atoms with E-state index >= 15 is 0 Å². The number of ether oxygens (including phenoxy) is 2. The fraction of sp³-hybridized carbons (Fsp3) is 0.545. The molecule has 0 aliphatic rings. The summed E-state index contributed by atoms with van der Waals surface area (Å²) in [6.45, 7) is 1.02. The molecule has 1 rings (SSSR count). The van der Waals surface area contributed by atoms with Crippen LogP contribution in [0.2, 0.25) is 0 Å². The molecule has 0 fully saturated rings. The molecule has 1 atom stereocenters. The Morgan fingerprint density at radius 2 is 2.25 bits per heavy atom. The summed E-state index contributed by atoms with van der Waals surface area (Å²) in [7, 11) is 3.17. The first-order chi connectivity index (χ1) is 7.76. The molecule has 0 aliphatic heterocycles. The van der Waals surface area contributed by atoms with Crippen molar-refractivity contribution in [3.63, 3.8) is 0 Å². The molecule has 90 valence electrons. The summed E-state index contributed by atoms with van der Waals surface area (Å²) < 4.78 is 9.82. The first-order valence-electron chi connectivity index (χ1n) is 5.17. The number of aliphatic hydroxyl groups is 1. The van der Waals surface area contributed by atoms with Crippen LogP contribution < -0.4 is 10.1 Å². The molecule has 1 heterocycles. The number of rotatable bonds is 7. The minimum absolute atomic E-state index is 0.359. The molecule has 5 heteroatoms. The van der Waals surface area contributed by atoms with Gasteiger partial charge in [-0.1, -0.05) is 0 Å². The van der Waals surface area contributed by atoms with E-state index in [1.807, 2.05) is 12.1 Å². The average molecular weight is 226 g/mol. The summed E-state index contributed by atoms with van der Waals surface area (Å²) in [4.78, 5) is 4.14. The van der Waals surface area contributed by atoms with Crippen molar-refractivity contribution in [2.45, 2.75) is 12.5 Å². The maximum Gasteiger partial charge on any atom is 0.137 e. The zero-order chi connectivity index (χ0) is 11.8. The van der Waals surface area contributed by atoms with Crippen molar-refractivity contribution in [1.29, 1.82) is 0 Å². The second-order valence-corrected chi connectivity index (χ2v) is 3.41. The van der Waals surface area contributed by atoms with E-state index in [0.29, 0.717) is 19.6 Å². The van der Waals surface area contributed by atoms with E-state index in [9.17, 15) is 5.11 Å². The van der Waals surface area contributed by atoms with Crippen LogP contribution in [0.5, 0.6) is 5.75 Å². The van der Waals surface area contributed by atoms with Gasteiger partial charge in [0.1, 0.15) is 11.6 Å². The van der Waals surface area contributed by atoms with E-state index in [-0.39, 0.29) is 0 Å². The highest BCUT2D eigenvalue weighted by Crippen LogP contribution is 2.11. The summed E-state index contributed by atoms with van der Waals surface area (Å²) in [5.41, 5.74) is 0. The van der Waals surface area contributed by atoms with Gasteiger partial charge in [-0.15, -0.1) is 0 Å². The van der Waals surface area contributed by atoms with E-state index < -0.39 is 6.10 Å². The van der Waals surface area contributed by atoms with Crippen LogP contribution in [0, 0.1) is 0 Å². The summed E-state index contributed by atoms with van der Waals surface area (Å²) in [5.74, 6) is 1.50. The van der Waals surface area contributed by atoms with Gasteiger partial charge in [-0.05, 0) is 18.6 Å². The number of methoxy groups -OCH3 is 2. The van der Waals surface area contributed by atoms with Crippen LogP contribution in [-0.2, 0) is 4.74 Å². The Balaban J connectivity index is 2.26. The summed E-state index contributed by atoms with van der Waals surface area (Å²) >= 11 is 0. The van der Waals surface area contributed by atoms with Gasteiger partial charge in [0.15, 0.2) is 0 Å². The lowest BCUT2D eigenvalue weighted by molar-refractivity contribution is 0.0615. The average Bonchev–Trinajstić information content (AvgIpc) is 2.30. The SMILES string of the molecule is COCC(O)CCNc1ccc(OC)cn1. The molecule has 2 N–H and O–H groups in total. The van der Waals surface area contributed by atoms with Crippen molar-refractivity contribution in [3.05, 3.63) is 18.3 Å². The van der Waals surface area contributed by atoms with Crippen molar-refractivity contribution >= 4 is 5.82 Å². The molecule has 0 aromatic carbocycles. The predicted octanol–water partition coefficient (Wildman–Crippen LogP) is 0.899. The van der Waals surface area contributed by atoms with E-state index in [4.69, 9.17) is 9.47 Å². The molecular formula is C11H18N2O3. The van der Waals surface area contributed by atoms with Gasteiger partial charge in [0, 0.05) is 13.7 Å². The molecule has 16 heavy (non-hydrogen) atoms. The van der Waals surface area contributed by atoms with Crippen LogP contribution in [0.3, 0.4) is 0 Å². The van der Waals surface area contributed by atoms with Crippen LogP contribution in [0.25, 0.3) is 0 Å². The summed E-state index contributed by atoms with van der Waals surface area (Å²) in [5, 5.41) is 12.5. The lowest BCUT2D eigenvalue weighted by Crippen LogP contribution is -2.18. The molecular weight excluding hydrogens is 208 g/mol. The Labute approximate surface area is 95.4 Å². The van der Waals surface area contributed by atoms with Crippen molar-refractivity contribution in [3.8, 4) is 5.75 Å². The molecule has 0 bridgehead atoms. The fourth-order valence-electron chi connectivity index (χ4n) is 1.25. The molecule has 0 saturated carbocycles. The minimum Gasteiger partial charge on any atom is -0.495 e. The van der Waals surface area contributed by atoms with E-state index in [2.05, 4.69) is 10.3 Å². The van der Waals surface area contributed by atoms with Crippen LogP contribution in [-0.4, -0.2) is 43.6 Å². The number of hydrogen-bond donors (Lipinski definition) is 2. The molecule has 5 nitrogen and oxygen atoms in total. The summed E-state index contributed by atoms with van der Waals surface area (Å²) in [6.07, 6.45) is 1.84. The highest BCUT2D eigenvalue weighted by Gasteiger charge is 2.02. The Kier molecular flexibility index (Phi) is 5.60. The van der Waals surface area contributed by atoms with Crippen LogP contribution in [0.15, 0.2) is 18.3 Å². The lowest BCUT2D eigenvalue weighted by Gasteiger charge is -2.10. The number of nitrogens with zero attached hydrogens (tertiary/aromatic N) is 1. The smallest absolute Gasteiger partial charge is 0.137 e. The lowest BCUT2D eigenvalue weighted by atomic mass is 10.2. The Hall–Kier alpha value is -1.33. The van der Waals surface area contributed by atoms with Crippen LogP contribution in [0.4, 0.5) is 5.82 Å². The van der Waals surface area contributed by atoms with E-state index in [1.165, 1.54) is 0 Å². The van der Waals surface area contributed by atoms with Crippen LogP contribution in [0.1, 0.15) is 6.42 Å². The standard InChI is InChI=1S/C11H18N2O3/c1-15-8-9(14)5-6-12-11-4-3-10(16-2)7-13-11/h3-4,7,9,14H,5-6,8H2,1-2H3,(H,12,13). The third-order valence-electron chi connectivity index (χ3n) is 2.11. The second-order valence-electron chi connectivity index (χ2n) is 3.41. The van der Waals surface area contributed by atoms with Gasteiger partial charge in [-0.2, -0.15) is 0 Å². The molecule has 1 unspecified atom stereocenters. The third-order valence-corrected chi connectivity index (χ3v) is 2.11. The van der Waals surface area contributed by atoms with E-state index in [1.54, 1.807) is 20.4 Å². The molecule has 0 aliphatic carbocycles. The first-order valence-corrected chi connectivity index (χ1v) is 5.17. The highest BCUT2D eigenvalue weighted by molar-refractivity contribution is 5.37. The van der Waals surface area contributed by atoms with Gasteiger partial charge in [0.25, 0.3) is 0 Å². The molecule has 1 aromatic rings. The second kappa shape index (κ2) is 7.03. The third kappa shape index (κ3) is 4.46. The van der Waals surface area contributed by atoms with Gasteiger partial charge in [0.2, 0.25) is 0 Å². The highest BCUT2D eigenvalue weighted by atomic mass is 16.5. The van der Waals surface area contributed by atoms with Gasteiger partial charge in [0.05, 0.1) is 26.0 Å². The quantitative estimate of drug-likeness (QED) is 0.723. The van der Waals surface area contributed by atoms with Gasteiger partial charge >= 0.3 is 0 Å². The van der Waals surface area contributed by atoms with Crippen molar-refractivity contribution in [1.82, 2.24) is 4.98 Å². The van der Waals surface area contributed by atoms with Crippen LogP contribution >= 0.6 is 0 Å². The molecule has 0 spiro atoms. The van der Waals surface area contributed by atoms with Crippen molar-refractivity contribution < 1.29 is 14.6 Å². The van der Waals surface area contributed by atoms with Gasteiger partial charge < -0.3 is 19.9 Å². The number of anilines is 1. The number of nitrogens with one attached hydrogen (secondary N) is 1. The topological polar surface area (TPSA) is 63.6 Å². The minimum atomic E-state index is -0.434. The molecule has 0 saturated heterocycles. The molecule has 1 aromatic heterocycles. The summed E-state index contributed by atoms with van der Waals surface area (Å²) in [6, 6.07) is 3.67.